The minimum atomic E-state index is -5.48. The van der Waals surface area contributed by atoms with E-state index in [1.165, 1.54) is 0 Å². The Balaban J connectivity index is 2.37. The van der Waals surface area contributed by atoms with Crippen molar-refractivity contribution in [2.75, 3.05) is 0 Å². The quantitative estimate of drug-likeness (QED) is 0.318. The molecule has 3 nitrogen and oxygen atoms in total. The average molecular weight is 400 g/mol. The summed E-state index contributed by atoms with van der Waals surface area (Å²) >= 11 is 0. The second-order valence-corrected chi connectivity index (χ2v) is 5.51. The van der Waals surface area contributed by atoms with Crippen molar-refractivity contribution in [3.63, 3.8) is 0 Å². The summed E-state index contributed by atoms with van der Waals surface area (Å²) in [5.74, 6) is -2.15. The van der Waals surface area contributed by atoms with E-state index in [-0.39, 0.29) is 11.8 Å². The summed E-state index contributed by atoms with van der Waals surface area (Å²) in [5.41, 5.74) is 1.91. The number of carbonyl (C=O) groups excluding carboxylic acids is 1. The van der Waals surface area contributed by atoms with Crippen LogP contribution in [-0.4, -0.2) is 30.3 Å². The Morgan fingerprint density at radius 3 is 1.75 bits per heavy atom. The van der Waals surface area contributed by atoms with E-state index in [0.717, 1.165) is 0 Å². The van der Waals surface area contributed by atoms with Gasteiger partial charge >= 0.3 is 6.18 Å². The number of allylic oxidation sites excluding steroid dienone is 2. The number of hydrazone groups is 1. The summed E-state index contributed by atoms with van der Waals surface area (Å²) in [6, 6.07) is 16.7. The zero-order chi connectivity index (χ0) is 20.7. The van der Waals surface area contributed by atoms with Gasteiger partial charge in [-0.1, -0.05) is 60.7 Å². The number of alkyl halides is 6. The lowest BCUT2D eigenvalue weighted by Crippen LogP contribution is -2.32. The van der Waals surface area contributed by atoms with E-state index in [9.17, 15) is 31.1 Å². The summed E-state index contributed by atoms with van der Waals surface area (Å²) in [6.07, 6.45) is -12.9. The van der Waals surface area contributed by atoms with Crippen LogP contribution in [0, 0.1) is 0 Å². The van der Waals surface area contributed by atoms with Gasteiger partial charge in [0, 0.05) is 17.2 Å². The molecule has 2 aromatic carbocycles. The lowest BCUT2D eigenvalue weighted by molar-refractivity contribution is -0.182. The van der Waals surface area contributed by atoms with Crippen molar-refractivity contribution in [2.24, 2.45) is 5.10 Å². The molecule has 28 heavy (non-hydrogen) atoms. The van der Waals surface area contributed by atoms with E-state index in [2.05, 4.69) is 5.10 Å². The molecule has 1 atom stereocenters. The molecular formula is C19H14F6N2O. The molecule has 0 bridgehead atoms. The Hall–Kier alpha value is -3.10. The van der Waals surface area contributed by atoms with Crippen LogP contribution in [0.4, 0.5) is 26.3 Å². The van der Waals surface area contributed by atoms with Gasteiger partial charge in [-0.25, -0.2) is 13.2 Å². The lowest BCUT2D eigenvalue weighted by Gasteiger charge is -2.12. The number of carbonyl (C=O) groups is 1. The zero-order valence-electron chi connectivity index (χ0n) is 14.1. The molecule has 0 radical (unpaired) electrons. The highest BCUT2D eigenvalue weighted by Crippen LogP contribution is 2.24. The molecule has 0 aromatic heterocycles. The van der Waals surface area contributed by atoms with Crippen LogP contribution in [0.2, 0.25) is 0 Å². The first-order chi connectivity index (χ1) is 13.2. The van der Waals surface area contributed by atoms with Gasteiger partial charge in [0.15, 0.2) is 0 Å². The largest absolute Gasteiger partial charge is 0.427 e. The topological polar surface area (TPSA) is 41.5 Å². The molecule has 0 saturated carbocycles. The fourth-order valence-electron chi connectivity index (χ4n) is 2.14. The molecule has 2 rings (SSSR count). The van der Waals surface area contributed by atoms with Gasteiger partial charge in [0.25, 0.3) is 12.6 Å². The number of ketones is 1. The molecular weight excluding hydrogens is 386 g/mol. The van der Waals surface area contributed by atoms with Crippen LogP contribution in [0.25, 0.3) is 0 Å². The molecule has 0 spiro atoms. The van der Waals surface area contributed by atoms with Gasteiger partial charge in [-0.2, -0.15) is 18.3 Å². The summed E-state index contributed by atoms with van der Waals surface area (Å²) in [7, 11) is 0. The minimum absolute atomic E-state index is 0.125. The van der Waals surface area contributed by atoms with Gasteiger partial charge in [0.1, 0.15) is 5.70 Å². The van der Waals surface area contributed by atoms with Crippen LogP contribution in [-0.2, 0) is 4.79 Å². The number of halogens is 6. The van der Waals surface area contributed by atoms with Crippen molar-refractivity contribution in [2.45, 2.75) is 18.8 Å². The Morgan fingerprint density at radius 1 is 0.893 bits per heavy atom. The average Bonchev–Trinajstić information content (AvgIpc) is 2.67. The molecule has 1 unspecified atom stereocenters. The number of rotatable bonds is 7. The molecule has 0 heterocycles. The molecule has 1 N–H and O–H groups in total. The van der Waals surface area contributed by atoms with Crippen molar-refractivity contribution in [1.29, 1.82) is 0 Å². The predicted octanol–water partition coefficient (Wildman–Crippen LogP) is 4.65. The van der Waals surface area contributed by atoms with Crippen molar-refractivity contribution in [3.05, 3.63) is 83.6 Å². The van der Waals surface area contributed by atoms with Crippen LogP contribution in [0.15, 0.2) is 77.5 Å². The van der Waals surface area contributed by atoms with E-state index in [4.69, 9.17) is 0 Å². The Kier molecular flexibility index (Phi) is 6.97. The summed E-state index contributed by atoms with van der Waals surface area (Å²) < 4.78 is 76.0. The fraction of sp³-hybridized carbons (Fsp3) is 0.158. The highest BCUT2D eigenvalue weighted by Gasteiger charge is 2.44. The summed E-state index contributed by atoms with van der Waals surface area (Å²) in [4.78, 5) is 11.3. The number of hydrogen-bond donors (Lipinski definition) is 1. The smallest absolute Gasteiger partial charge is 0.291 e. The lowest BCUT2D eigenvalue weighted by atomic mass is 10.0. The minimum Gasteiger partial charge on any atom is -0.291 e. The molecule has 0 fully saturated rings. The zero-order valence-corrected chi connectivity index (χ0v) is 14.1. The van der Waals surface area contributed by atoms with E-state index >= 15 is 0 Å². The van der Waals surface area contributed by atoms with Crippen molar-refractivity contribution >= 4 is 11.5 Å². The third-order valence-corrected chi connectivity index (χ3v) is 3.46. The second-order valence-electron chi connectivity index (χ2n) is 5.51. The van der Waals surface area contributed by atoms with Crippen LogP contribution in [0.1, 0.15) is 11.1 Å². The van der Waals surface area contributed by atoms with Crippen LogP contribution >= 0.6 is 0 Å². The molecule has 0 saturated heterocycles. The SMILES string of the molecule is O=C(/C=C(\NN=C(c1ccccc1)c1ccccc1)C(F)F)C(F)C(F)(F)F. The van der Waals surface area contributed by atoms with Gasteiger partial charge in [-0.3, -0.25) is 10.2 Å². The van der Waals surface area contributed by atoms with E-state index < -0.39 is 30.3 Å². The third kappa shape index (κ3) is 5.70. The van der Waals surface area contributed by atoms with E-state index in [1.54, 1.807) is 60.7 Å². The van der Waals surface area contributed by atoms with Gasteiger partial charge in [-0.05, 0) is 0 Å². The highest BCUT2D eigenvalue weighted by atomic mass is 19.4. The van der Waals surface area contributed by atoms with Gasteiger partial charge < -0.3 is 0 Å². The van der Waals surface area contributed by atoms with E-state index in [1.807, 2.05) is 5.43 Å². The monoisotopic (exact) mass is 400 g/mol. The van der Waals surface area contributed by atoms with Crippen LogP contribution in [0.3, 0.4) is 0 Å². The number of hydrogen-bond acceptors (Lipinski definition) is 3. The molecule has 2 aromatic rings. The van der Waals surface area contributed by atoms with E-state index in [0.29, 0.717) is 11.1 Å². The highest BCUT2D eigenvalue weighted by molar-refractivity contribution is 6.12. The van der Waals surface area contributed by atoms with Crippen molar-refractivity contribution in [1.82, 2.24) is 5.43 Å². The van der Waals surface area contributed by atoms with Crippen molar-refractivity contribution in [3.8, 4) is 0 Å². The Labute approximate surface area is 156 Å². The predicted molar refractivity (Wildman–Crippen MR) is 91.7 cm³/mol. The second kappa shape index (κ2) is 9.20. The maximum Gasteiger partial charge on any atom is 0.427 e. The normalized spacial score (nSPS) is 13.2. The van der Waals surface area contributed by atoms with Gasteiger partial charge in [0.2, 0.25) is 5.78 Å². The van der Waals surface area contributed by atoms with Gasteiger partial charge in [-0.15, -0.1) is 0 Å². The number of nitrogens with zero attached hydrogens (tertiary/aromatic N) is 1. The first-order valence-corrected chi connectivity index (χ1v) is 7.89. The molecule has 9 heteroatoms. The Bertz CT molecular complexity index is 806. The number of nitrogens with one attached hydrogen (secondary N) is 1. The van der Waals surface area contributed by atoms with Crippen LogP contribution < -0.4 is 5.43 Å². The first kappa shape index (κ1) is 21.2. The third-order valence-electron chi connectivity index (χ3n) is 3.46. The molecule has 0 amide bonds. The summed E-state index contributed by atoms with van der Waals surface area (Å²) in [6.45, 7) is 0. The standard InChI is InChI=1S/C19H14F6N2O/c20-17(19(23,24)25)15(28)11-14(18(21)22)26-27-16(12-7-3-1-4-8-12)13-9-5-2-6-10-13/h1-11,17-18,26H/b14-11-. The summed E-state index contributed by atoms with van der Waals surface area (Å²) in [5, 5.41) is 3.82. The van der Waals surface area contributed by atoms with Crippen molar-refractivity contribution < 1.29 is 31.1 Å². The molecule has 0 aliphatic heterocycles. The fourth-order valence-corrected chi connectivity index (χ4v) is 2.14. The maximum atomic E-state index is 13.1. The van der Waals surface area contributed by atoms with Gasteiger partial charge in [0.05, 0.1) is 5.71 Å². The molecule has 148 valence electrons. The maximum absolute atomic E-state index is 13.1. The Morgan fingerprint density at radius 2 is 1.36 bits per heavy atom. The number of benzene rings is 2. The van der Waals surface area contributed by atoms with Crippen LogP contribution in [0.5, 0.6) is 0 Å². The first-order valence-electron chi connectivity index (χ1n) is 7.89. The molecule has 0 aliphatic carbocycles. The molecule has 0 aliphatic rings.